The molecule has 494 valence electrons. The monoisotopic (exact) mass is 1210 g/mol. The van der Waals surface area contributed by atoms with E-state index in [2.05, 4.69) is 155 Å². The van der Waals surface area contributed by atoms with Gasteiger partial charge in [0.1, 0.15) is 5.78 Å². The van der Waals surface area contributed by atoms with Crippen LogP contribution in [0.3, 0.4) is 0 Å². The number of hydrogen-bond acceptors (Lipinski definition) is 5. The van der Waals surface area contributed by atoms with Gasteiger partial charge in [-0.1, -0.05) is 131 Å². The highest BCUT2D eigenvalue weighted by Gasteiger charge is 2.51. The summed E-state index contributed by atoms with van der Waals surface area (Å²) in [4.78, 5) is 11.9. The quantitative estimate of drug-likeness (QED) is 0.239. The van der Waals surface area contributed by atoms with Gasteiger partial charge in [0.25, 0.3) is 0 Å². The summed E-state index contributed by atoms with van der Waals surface area (Å²) in [5.74, 6) is 13.0. The van der Waals surface area contributed by atoms with Crippen LogP contribution >= 0.6 is 0 Å². The lowest BCUT2D eigenvalue weighted by Gasteiger charge is -2.38. The van der Waals surface area contributed by atoms with Crippen LogP contribution in [0.1, 0.15) is 279 Å². The van der Waals surface area contributed by atoms with Crippen LogP contribution in [0.5, 0.6) is 0 Å². The van der Waals surface area contributed by atoms with Crippen LogP contribution in [0.4, 0.5) is 0 Å². The minimum atomic E-state index is -0.474. The molecule has 8 saturated carbocycles. The molecule has 1 saturated heterocycles. The molecule has 5 nitrogen and oxygen atoms in total. The molecule has 0 spiro atoms. The van der Waals surface area contributed by atoms with Crippen molar-refractivity contribution in [1.29, 1.82) is 0 Å². The number of aliphatic hydroxyl groups is 3. The fourth-order valence-electron chi connectivity index (χ4n) is 21.1. The molecule has 1 unspecified atom stereocenters. The molecule has 1 aliphatic heterocycles. The van der Waals surface area contributed by atoms with Crippen LogP contribution in [0.25, 0.3) is 0 Å². The fraction of sp³-hybridized carbons (Fsp3) is 0.771. The molecule has 0 radical (unpaired) electrons. The largest absolute Gasteiger partial charge is 0.393 e. The van der Waals surface area contributed by atoms with Crippen molar-refractivity contribution in [3.63, 3.8) is 0 Å². The van der Waals surface area contributed by atoms with Crippen molar-refractivity contribution >= 4 is 5.78 Å². The second-order valence-electron chi connectivity index (χ2n) is 33.1. The summed E-state index contributed by atoms with van der Waals surface area (Å²) in [7, 11) is 0. The predicted molar refractivity (Wildman–Crippen MR) is 372 cm³/mol. The number of carbonyl (C=O) groups excluding carboxylic acids is 1. The lowest BCUT2D eigenvalue weighted by atomic mass is 9.68. The number of ether oxygens (including phenoxy) is 1. The Morgan fingerprint density at radius 2 is 0.818 bits per heavy atom. The maximum atomic E-state index is 11.9. The number of allylic oxidation sites excluding steroid dienone is 16. The maximum Gasteiger partial charge on any atom is 0.158 e. The Kier molecular flexibility index (Phi) is 25.7. The molecule has 12 aliphatic carbocycles. The van der Waals surface area contributed by atoms with E-state index in [9.17, 15) is 20.1 Å². The first-order valence-corrected chi connectivity index (χ1v) is 37.0. The molecule has 9 fully saturated rings. The van der Waals surface area contributed by atoms with Gasteiger partial charge in [0.15, 0.2) is 6.29 Å². The van der Waals surface area contributed by atoms with Gasteiger partial charge in [-0.15, -0.1) is 0 Å². The molecule has 13 aliphatic rings. The molecule has 0 aromatic heterocycles. The van der Waals surface area contributed by atoms with E-state index < -0.39 is 6.29 Å². The average molecular weight is 1210 g/mol. The first-order valence-electron chi connectivity index (χ1n) is 37.0. The first kappa shape index (κ1) is 71.0. The summed E-state index contributed by atoms with van der Waals surface area (Å²) < 4.78 is 5.57. The lowest BCUT2D eigenvalue weighted by molar-refractivity contribution is -0.123. The van der Waals surface area contributed by atoms with Crippen molar-refractivity contribution in [2.24, 2.45) is 107 Å². The Hall–Kier alpha value is -2.83. The Morgan fingerprint density at radius 3 is 1.36 bits per heavy atom. The third kappa shape index (κ3) is 17.1. The van der Waals surface area contributed by atoms with E-state index in [1.54, 1.807) is 33.4 Å². The van der Waals surface area contributed by atoms with Gasteiger partial charge in [0, 0.05) is 30.1 Å². The maximum absolute atomic E-state index is 11.9. The van der Waals surface area contributed by atoms with E-state index >= 15 is 0 Å². The summed E-state index contributed by atoms with van der Waals surface area (Å²) in [6, 6.07) is 0. The molecular weight excluding hydrogens is 1080 g/mol. The van der Waals surface area contributed by atoms with Gasteiger partial charge in [-0.3, -0.25) is 4.79 Å². The zero-order valence-electron chi connectivity index (χ0n) is 59.7. The Bertz CT molecular complexity index is 2590. The van der Waals surface area contributed by atoms with Crippen LogP contribution in [0.2, 0.25) is 0 Å². The summed E-state index contributed by atoms with van der Waals surface area (Å²) in [5.41, 5.74) is 20.5. The SMILES string of the molecule is CC(C)=C[C@@H]1CCC(C)=C2CC[C@H](O)[C@@H]21.CC(C)=C[C@@H]1CC[C@@H](C)[C@H]2CCC(=O)[C@@H]21.CC(C)=C[C@@H]1CC[C@@H](C)[C@H]2CCC(C)=C12.CC(C)=C[C@@H]1CC[C@@H](C)[C@H]2CCC(C)=C12.CC(C)=C[C@@H]1CC[C@@H](C)[C@H]2CC[C@H](O)[C@@H]21.CC1=C2CC[C@@H]3OC(O)[C@H](CC1)[C@H]23. The van der Waals surface area contributed by atoms with Gasteiger partial charge < -0.3 is 20.1 Å². The first-order chi connectivity index (χ1) is 41.7. The van der Waals surface area contributed by atoms with E-state index in [0.29, 0.717) is 65.1 Å². The molecule has 13 rings (SSSR count). The number of hydrogen-bond donors (Lipinski definition) is 3. The smallest absolute Gasteiger partial charge is 0.158 e. The van der Waals surface area contributed by atoms with Gasteiger partial charge in [0.2, 0.25) is 0 Å². The second kappa shape index (κ2) is 31.9. The highest BCUT2D eigenvalue weighted by Crippen LogP contribution is 2.54. The van der Waals surface area contributed by atoms with Crippen LogP contribution in [-0.2, 0) is 9.53 Å². The predicted octanol–water partition coefficient (Wildman–Crippen LogP) is 21.7. The minimum absolute atomic E-state index is 0.0293. The summed E-state index contributed by atoms with van der Waals surface area (Å²) in [6.07, 6.45) is 41.7. The van der Waals surface area contributed by atoms with E-state index in [1.165, 1.54) is 137 Å². The van der Waals surface area contributed by atoms with Gasteiger partial charge in [-0.05, 0) is 327 Å². The van der Waals surface area contributed by atoms with E-state index in [4.69, 9.17) is 4.74 Å². The topological polar surface area (TPSA) is 87.0 Å². The molecule has 1 heterocycles. The third-order valence-electron chi connectivity index (χ3n) is 25.2. The van der Waals surface area contributed by atoms with E-state index in [1.807, 2.05) is 11.1 Å². The zero-order chi connectivity index (χ0) is 64.0. The normalized spacial score (nSPS) is 39.7. The molecule has 0 aromatic rings. The number of rotatable bonds is 5. The molecule has 0 bridgehead atoms. The lowest BCUT2D eigenvalue weighted by Crippen LogP contribution is -2.34. The number of ketones is 1. The number of fused-ring (bicyclic) bond motifs is 5. The van der Waals surface area contributed by atoms with Crippen molar-refractivity contribution in [2.45, 2.75) is 303 Å². The molecule has 3 N–H and O–H groups in total. The van der Waals surface area contributed by atoms with E-state index in [0.717, 1.165) is 98.2 Å². The summed E-state index contributed by atoms with van der Waals surface area (Å²) >= 11 is 0. The third-order valence-corrected chi connectivity index (χ3v) is 25.2. The van der Waals surface area contributed by atoms with Gasteiger partial charge in [-0.25, -0.2) is 0 Å². The molecule has 0 aromatic carbocycles. The van der Waals surface area contributed by atoms with Crippen molar-refractivity contribution in [1.82, 2.24) is 0 Å². The molecule has 22 atom stereocenters. The number of Topliss-reactive ketones (excluding diaryl/α,β-unsaturated/α-hetero) is 1. The molecule has 0 amide bonds. The second-order valence-corrected chi connectivity index (χ2v) is 33.1. The van der Waals surface area contributed by atoms with Crippen molar-refractivity contribution in [3.8, 4) is 0 Å². The molecule has 88 heavy (non-hydrogen) atoms. The Balaban J connectivity index is 0.000000137. The zero-order valence-corrected chi connectivity index (χ0v) is 59.7. The molecular formula is C83H132O5. The van der Waals surface area contributed by atoms with Gasteiger partial charge >= 0.3 is 0 Å². The molecule has 5 heteroatoms. The number of aliphatic hydroxyl groups excluding tert-OH is 3. The fourth-order valence-corrected chi connectivity index (χ4v) is 21.1. The Morgan fingerprint density at radius 1 is 0.375 bits per heavy atom. The van der Waals surface area contributed by atoms with E-state index in [-0.39, 0.29) is 12.2 Å². The van der Waals surface area contributed by atoms with Crippen molar-refractivity contribution < 1.29 is 24.9 Å². The highest BCUT2D eigenvalue weighted by atomic mass is 16.6. The van der Waals surface area contributed by atoms with Crippen molar-refractivity contribution in [3.05, 3.63) is 103 Å². The minimum Gasteiger partial charge on any atom is -0.393 e. The van der Waals surface area contributed by atoms with Crippen LogP contribution in [0.15, 0.2) is 103 Å². The van der Waals surface area contributed by atoms with Crippen LogP contribution in [-0.4, -0.2) is 45.7 Å². The number of carbonyl (C=O) groups is 1. The average Bonchev–Trinajstić information content (AvgIpc) is 1.96. The highest BCUT2D eigenvalue weighted by molar-refractivity contribution is 5.84. The van der Waals surface area contributed by atoms with Crippen LogP contribution in [0, 0.1) is 107 Å². The van der Waals surface area contributed by atoms with Crippen LogP contribution < -0.4 is 0 Å². The summed E-state index contributed by atoms with van der Waals surface area (Å²) in [5, 5.41) is 29.8. The standard InChI is InChI=1S/2C15H24.C14H24O.2C14H22O.C11H16O2/c2*1-10(2)9-13-7-5-11(3)14-8-6-12(4)15(13)14;3*1-9(2)8-11-5-4-10(3)12-6-7-13(15)14(11)12;1-6-2-3-8-10-7(6)4-5-9(10)13-11(8)12/h2*9,11,13-14H,5-8H2,1-4H3;8,10-15H,4-7H2,1-3H3;8,11,13-15H,4-7H2,1-3H3;8,10-12,14H,4-7H2,1-3H3;8-12H,2-5H2,1H3/t2*11-,13+,14-;10-,11+,12-,13+,14-;11-,13-,14+;10-,11+,12-,14-;8-,9+,10+,11?/m111011/s1. The Labute approximate surface area is 540 Å². The van der Waals surface area contributed by atoms with Crippen molar-refractivity contribution in [2.75, 3.05) is 0 Å². The van der Waals surface area contributed by atoms with Gasteiger partial charge in [-0.2, -0.15) is 0 Å². The summed E-state index contributed by atoms with van der Waals surface area (Å²) in [6.45, 7) is 40.7. The van der Waals surface area contributed by atoms with Gasteiger partial charge in [0.05, 0.1) is 18.3 Å².